The van der Waals surface area contributed by atoms with Gasteiger partial charge in [-0.2, -0.15) is 0 Å². The summed E-state index contributed by atoms with van der Waals surface area (Å²) in [4.78, 5) is 25.0. The Morgan fingerprint density at radius 3 is 2.79 bits per heavy atom. The lowest BCUT2D eigenvalue weighted by atomic mass is 9.98. The number of halogens is 1. The van der Waals surface area contributed by atoms with Crippen LogP contribution in [-0.4, -0.2) is 41.3 Å². The van der Waals surface area contributed by atoms with Gasteiger partial charge in [-0.25, -0.2) is 14.0 Å². The molecule has 0 spiro atoms. The average molecular weight is 391 g/mol. The van der Waals surface area contributed by atoms with Crippen LogP contribution in [0.5, 0.6) is 0 Å². The molecule has 1 unspecified atom stereocenters. The van der Waals surface area contributed by atoms with Gasteiger partial charge in [0.05, 0.1) is 6.04 Å². The van der Waals surface area contributed by atoms with E-state index in [2.05, 4.69) is 10.6 Å². The van der Waals surface area contributed by atoms with E-state index in [4.69, 9.17) is 9.52 Å². The maximum Gasteiger partial charge on any atom is 0.407 e. The highest BCUT2D eigenvalue weighted by Crippen LogP contribution is 2.33. The first-order valence-corrected chi connectivity index (χ1v) is 9.49. The van der Waals surface area contributed by atoms with Crippen LogP contribution in [0.1, 0.15) is 44.1 Å². The van der Waals surface area contributed by atoms with Crippen LogP contribution in [0.3, 0.4) is 0 Å². The van der Waals surface area contributed by atoms with Gasteiger partial charge in [-0.15, -0.1) is 0 Å². The number of benzene rings is 1. The standard InChI is InChI=1S/C20H26FN3O4/c1-11(2)17(18-12(3)15-9-13(21)6-7-16(15)28-18)23-19(25)22-14-5-4-8-24(10-14)20(26)27/h6-7,9,11,14,17H,4-5,8,10H2,1-3H3,(H,26,27)(H2,22,23,25)/t14?,17-/m0/s1. The first-order chi connectivity index (χ1) is 13.3. The van der Waals surface area contributed by atoms with Crippen LogP contribution in [0.25, 0.3) is 11.0 Å². The number of likely N-dealkylation sites (tertiary alicyclic amines) is 1. The molecule has 3 N–H and O–H groups in total. The van der Waals surface area contributed by atoms with Crippen LogP contribution < -0.4 is 10.6 Å². The van der Waals surface area contributed by atoms with Gasteiger partial charge in [-0.1, -0.05) is 13.8 Å². The number of furan rings is 1. The molecule has 1 aliphatic rings. The summed E-state index contributed by atoms with van der Waals surface area (Å²) in [6.07, 6.45) is 0.461. The van der Waals surface area contributed by atoms with Crippen LogP contribution in [0.4, 0.5) is 14.0 Å². The lowest BCUT2D eigenvalue weighted by molar-refractivity contribution is 0.126. The van der Waals surface area contributed by atoms with E-state index in [1.165, 1.54) is 17.0 Å². The summed E-state index contributed by atoms with van der Waals surface area (Å²) in [5.41, 5.74) is 1.37. The molecule has 1 saturated heterocycles. The van der Waals surface area contributed by atoms with Crippen LogP contribution in [0, 0.1) is 18.7 Å². The van der Waals surface area contributed by atoms with Crippen molar-refractivity contribution in [1.82, 2.24) is 15.5 Å². The molecule has 0 saturated carbocycles. The van der Waals surface area contributed by atoms with E-state index < -0.39 is 12.1 Å². The number of carbonyl (C=O) groups excluding carboxylic acids is 1. The predicted octanol–water partition coefficient (Wildman–Crippen LogP) is 4.02. The van der Waals surface area contributed by atoms with Gasteiger partial charge in [0.2, 0.25) is 0 Å². The molecule has 2 aromatic rings. The second kappa shape index (κ2) is 8.08. The number of hydrogen-bond donors (Lipinski definition) is 3. The molecule has 8 heteroatoms. The third-order valence-corrected chi connectivity index (χ3v) is 5.20. The van der Waals surface area contributed by atoms with E-state index in [1.807, 2.05) is 20.8 Å². The van der Waals surface area contributed by atoms with Crippen LogP contribution in [0.2, 0.25) is 0 Å². The number of rotatable bonds is 4. The number of urea groups is 1. The maximum absolute atomic E-state index is 13.6. The van der Waals surface area contributed by atoms with E-state index in [0.29, 0.717) is 29.7 Å². The molecule has 1 aromatic carbocycles. The number of nitrogens with zero attached hydrogens (tertiary/aromatic N) is 1. The van der Waals surface area contributed by atoms with Crippen molar-refractivity contribution in [1.29, 1.82) is 0 Å². The minimum absolute atomic E-state index is 0.0386. The van der Waals surface area contributed by atoms with Crippen LogP contribution in [0.15, 0.2) is 22.6 Å². The predicted molar refractivity (Wildman–Crippen MR) is 103 cm³/mol. The molecule has 1 aliphatic heterocycles. The zero-order valence-electron chi connectivity index (χ0n) is 16.3. The lowest BCUT2D eigenvalue weighted by Crippen LogP contribution is -2.52. The third kappa shape index (κ3) is 4.21. The molecule has 28 heavy (non-hydrogen) atoms. The molecule has 0 radical (unpaired) electrons. The van der Waals surface area contributed by atoms with E-state index in [9.17, 15) is 14.0 Å². The topological polar surface area (TPSA) is 94.8 Å². The summed E-state index contributed by atoms with van der Waals surface area (Å²) in [7, 11) is 0. The summed E-state index contributed by atoms with van der Waals surface area (Å²) in [5.74, 6) is 0.299. The van der Waals surface area contributed by atoms with Crippen LogP contribution in [-0.2, 0) is 0 Å². The summed E-state index contributed by atoms with van der Waals surface area (Å²) >= 11 is 0. The van der Waals surface area contributed by atoms with E-state index in [-0.39, 0.29) is 30.4 Å². The Morgan fingerprint density at radius 2 is 2.11 bits per heavy atom. The van der Waals surface area contributed by atoms with Crippen molar-refractivity contribution in [2.24, 2.45) is 5.92 Å². The molecule has 3 amide bonds. The van der Waals surface area contributed by atoms with Gasteiger partial charge in [0.25, 0.3) is 0 Å². The van der Waals surface area contributed by atoms with Crippen molar-refractivity contribution < 1.29 is 23.5 Å². The van der Waals surface area contributed by atoms with Gasteiger partial charge in [0.15, 0.2) is 0 Å². The van der Waals surface area contributed by atoms with Crippen molar-refractivity contribution in [2.75, 3.05) is 13.1 Å². The molecule has 0 bridgehead atoms. The van der Waals surface area contributed by atoms with Crippen molar-refractivity contribution in [3.05, 3.63) is 35.3 Å². The molecule has 152 valence electrons. The zero-order chi connectivity index (χ0) is 20.4. The molecule has 2 heterocycles. The molecule has 1 aromatic heterocycles. The zero-order valence-corrected chi connectivity index (χ0v) is 16.3. The average Bonchev–Trinajstić information content (AvgIpc) is 2.95. The molecular weight excluding hydrogens is 365 g/mol. The first-order valence-electron chi connectivity index (χ1n) is 9.49. The van der Waals surface area contributed by atoms with Crippen molar-refractivity contribution in [2.45, 2.75) is 45.7 Å². The fourth-order valence-corrected chi connectivity index (χ4v) is 3.68. The van der Waals surface area contributed by atoms with E-state index in [0.717, 1.165) is 12.0 Å². The molecule has 7 nitrogen and oxygen atoms in total. The summed E-state index contributed by atoms with van der Waals surface area (Å²) in [5, 5.41) is 15.6. The summed E-state index contributed by atoms with van der Waals surface area (Å²) < 4.78 is 19.5. The molecular formula is C20H26FN3O4. The minimum Gasteiger partial charge on any atom is -0.465 e. The minimum atomic E-state index is -0.975. The van der Waals surface area contributed by atoms with E-state index in [1.54, 1.807) is 6.07 Å². The quantitative estimate of drug-likeness (QED) is 0.734. The Kier molecular flexibility index (Phi) is 5.76. The van der Waals surface area contributed by atoms with Crippen molar-refractivity contribution in [3.8, 4) is 0 Å². The van der Waals surface area contributed by atoms with Gasteiger partial charge in [-0.3, -0.25) is 0 Å². The molecule has 2 atom stereocenters. The third-order valence-electron chi connectivity index (χ3n) is 5.20. The Labute approximate surface area is 162 Å². The Morgan fingerprint density at radius 1 is 1.36 bits per heavy atom. The highest BCUT2D eigenvalue weighted by Gasteiger charge is 2.28. The normalized spacial score (nSPS) is 18.3. The Balaban J connectivity index is 1.74. The number of nitrogens with one attached hydrogen (secondary N) is 2. The smallest absolute Gasteiger partial charge is 0.407 e. The first kappa shape index (κ1) is 20.0. The maximum atomic E-state index is 13.6. The van der Waals surface area contributed by atoms with E-state index >= 15 is 0 Å². The Hall–Kier alpha value is -2.77. The van der Waals surface area contributed by atoms with Gasteiger partial charge < -0.3 is 25.1 Å². The second-order valence-corrected chi connectivity index (χ2v) is 7.64. The van der Waals surface area contributed by atoms with Crippen molar-refractivity contribution in [3.63, 3.8) is 0 Å². The fourth-order valence-electron chi connectivity index (χ4n) is 3.68. The van der Waals surface area contributed by atoms with Gasteiger partial charge in [0.1, 0.15) is 17.2 Å². The SMILES string of the molecule is Cc1c([C@@H](NC(=O)NC2CCCN(C(=O)O)C2)C(C)C)oc2ccc(F)cc12. The number of amides is 3. The largest absolute Gasteiger partial charge is 0.465 e. The molecule has 0 aliphatic carbocycles. The molecule has 1 fully saturated rings. The van der Waals surface area contributed by atoms with Crippen molar-refractivity contribution >= 4 is 23.1 Å². The summed E-state index contributed by atoms with van der Waals surface area (Å²) in [6.45, 7) is 6.54. The number of hydrogen-bond acceptors (Lipinski definition) is 3. The highest BCUT2D eigenvalue weighted by atomic mass is 19.1. The monoisotopic (exact) mass is 391 g/mol. The van der Waals surface area contributed by atoms with Gasteiger partial charge in [0, 0.05) is 30.1 Å². The number of aryl methyl sites for hydroxylation is 1. The van der Waals surface area contributed by atoms with Gasteiger partial charge in [-0.05, 0) is 43.9 Å². The lowest BCUT2D eigenvalue weighted by Gasteiger charge is -2.32. The number of piperidine rings is 1. The van der Waals surface area contributed by atoms with Gasteiger partial charge >= 0.3 is 12.1 Å². The number of carbonyl (C=O) groups is 2. The van der Waals surface area contributed by atoms with Crippen LogP contribution >= 0.6 is 0 Å². The Bertz CT molecular complexity index is 880. The number of fused-ring (bicyclic) bond motifs is 1. The fraction of sp³-hybridized carbons (Fsp3) is 0.500. The number of carboxylic acid groups (broad SMARTS) is 1. The highest BCUT2D eigenvalue weighted by molar-refractivity contribution is 5.82. The molecule has 3 rings (SSSR count). The second-order valence-electron chi connectivity index (χ2n) is 7.64. The summed E-state index contributed by atoms with van der Waals surface area (Å²) in [6, 6.07) is 3.36.